The fourth-order valence-electron chi connectivity index (χ4n) is 3.18. The molecule has 0 bridgehead atoms. The van der Waals surface area contributed by atoms with Crippen LogP contribution in [-0.2, 0) is 11.2 Å². The summed E-state index contributed by atoms with van der Waals surface area (Å²) >= 11 is 8.11. The maximum Gasteiger partial charge on any atom is 0.255 e. The second kappa shape index (κ2) is 8.25. The Balaban J connectivity index is 1.38. The van der Waals surface area contributed by atoms with Crippen molar-refractivity contribution < 1.29 is 9.53 Å². The van der Waals surface area contributed by atoms with Crippen LogP contribution in [0.25, 0.3) is 10.1 Å². The summed E-state index contributed by atoms with van der Waals surface area (Å²) in [6.07, 6.45) is 2.47. The molecule has 1 aromatic carbocycles. The summed E-state index contributed by atoms with van der Waals surface area (Å²) in [6.45, 7) is 3.08. The molecule has 1 fully saturated rings. The number of anilines is 1. The lowest BCUT2D eigenvalue weighted by Crippen LogP contribution is -2.40. The van der Waals surface area contributed by atoms with Crippen molar-refractivity contribution in [2.75, 3.05) is 38.2 Å². The largest absolute Gasteiger partial charge is 0.378 e. The molecule has 1 N–H and O–H groups in total. The number of hydrogen-bond acceptors (Lipinski definition) is 5. The molecule has 7 heteroatoms. The summed E-state index contributed by atoms with van der Waals surface area (Å²) < 4.78 is 6.59. The number of pyridine rings is 1. The Morgan fingerprint density at radius 1 is 1.30 bits per heavy atom. The second-order valence-electron chi connectivity index (χ2n) is 6.39. The van der Waals surface area contributed by atoms with Crippen molar-refractivity contribution in [3.8, 4) is 0 Å². The van der Waals surface area contributed by atoms with Gasteiger partial charge in [-0.25, -0.2) is 4.98 Å². The SMILES string of the molecule is O=C(c1cnc(NCCc2csc3ccccc23)c(Cl)c1)N1CCOCC1. The van der Waals surface area contributed by atoms with Gasteiger partial charge in [0.25, 0.3) is 5.91 Å². The highest BCUT2D eigenvalue weighted by molar-refractivity contribution is 7.17. The van der Waals surface area contributed by atoms with E-state index in [0.29, 0.717) is 42.7 Å². The van der Waals surface area contributed by atoms with Crippen molar-refractivity contribution in [3.05, 3.63) is 58.1 Å². The molecule has 0 atom stereocenters. The monoisotopic (exact) mass is 401 g/mol. The molecule has 1 saturated heterocycles. The Labute approximate surface area is 166 Å². The molecule has 2 aromatic heterocycles. The molecule has 5 nitrogen and oxygen atoms in total. The molecular formula is C20H20ClN3O2S. The zero-order valence-corrected chi connectivity index (χ0v) is 16.4. The summed E-state index contributed by atoms with van der Waals surface area (Å²) in [5.41, 5.74) is 1.83. The van der Waals surface area contributed by atoms with E-state index < -0.39 is 0 Å². The lowest BCUT2D eigenvalue weighted by Gasteiger charge is -2.26. The maximum atomic E-state index is 12.5. The molecule has 4 rings (SSSR count). The third-order valence-electron chi connectivity index (χ3n) is 4.63. The van der Waals surface area contributed by atoms with Gasteiger partial charge in [0.2, 0.25) is 0 Å². The Morgan fingerprint density at radius 2 is 2.11 bits per heavy atom. The number of nitrogens with one attached hydrogen (secondary N) is 1. The first-order valence-electron chi connectivity index (χ1n) is 8.94. The zero-order valence-electron chi connectivity index (χ0n) is 14.8. The van der Waals surface area contributed by atoms with E-state index in [4.69, 9.17) is 16.3 Å². The Hall–Kier alpha value is -2.15. The van der Waals surface area contributed by atoms with Gasteiger partial charge in [0, 0.05) is 30.5 Å². The van der Waals surface area contributed by atoms with Crippen molar-refractivity contribution in [2.24, 2.45) is 0 Å². The number of hydrogen-bond donors (Lipinski definition) is 1. The van der Waals surface area contributed by atoms with Crippen LogP contribution in [0.3, 0.4) is 0 Å². The van der Waals surface area contributed by atoms with Gasteiger partial charge >= 0.3 is 0 Å². The first-order valence-corrected chi connectivity index (χ1v) is 10.2. The third kappa shape index (κ3) is 4.08. The summed E-state index contributed by atoms with van der Waals surface area (Å²) in [5.74, 6) is 0.554. The molecule has 0 radical (unpaired) electrons. The third-order valence-corrected chi connectivity index (χ3v) is 5.93. The van der Waals surface area contributed by atoms with E-state index in [-0.39, 0.29) is 5.91 Å². The van der Waals surface area contributed by atoms with Crippen molar-refractivity contribution in [1.29, 1.82) is 0 Å². The standard InChI is InChI=1S/C20H20ClN3O2S/c21-17-11-15(20(25)24-7-9-26-10-8-24)12-23-19(17)22-6-5-14-13-27-18-4-2-1-3-16(14)18/h1-4,11-13H,5-10H2,(H,22,23). The van der Waals surface area contributed by atoms with Crippen LogP contribution in [-0.4, -0.2) is 48.6 Å². The Kier molecular flexibility index (Phi) is 5.57. The number of nitrogens with zero attached hydrogens (tertiary/aromatic N) is 2. The van der Waals surface area contributed by atoms with Crippen molar-refractivity contribution >= 4 is 44.7 Å². The summed E-state index contributed by atoms with van der Waals surface area (Å²) in [7, 11) is 0. The van der Waals surface area contributed by atoms with Gasteiger partial charge in [0.15, 0.2) is 0 Å². The van der Waals surface area contributed by atoms with E-state index in [0.717, 1.165) is 13.0 Å². The number of fused-ring (bicyclic) bond motifs is 1. The van der Waals surface area contributed by atoms with Crippen LogP contribution in [0.1, 0.15) is 15.9 Å². The first kappa shape index (κ1) is 18.2. The number of aromatic nitrogens is 1. The van der Waals surface area contributed by atoms with Gasteiger partial charge in [0.1, 0.15) is 5.82 Å². The second-order valence-corrected chi connectivity index (χ2v) is 7.71. The van der Waals surface area contributed by atoms with Crippen LogP contribution < -0.4 is 5.32 Å². The van der Waals surface area contributed by atoms with Gasteiger partial charge in [0.05, 0.1) is 23.8 Å². The van der Waals surface area contributed by atoms with Crippen molar-refractivity contribution in [2.45, 2.75) is 6.42 Å². The lowest BCUT2D eigenvalue weighted by atomic mass is 10.1. The Morgan fingerprint density at radius 3 is 2.93 bits per heavy atom. The minimum atomic E-state index is -0.0519. The van der Waals surface area contributed by atoms with E-state index in [9.17, 15) is 4.79 Å². The van der Waals surface area contributed by atoms with Gasteiger partial charge < -0.3 is 15.0 Å². The van der Waals surface area contributed by atoms with Gasteiger partial charge in [-0.3, -0.25) is 4.79 Å². The molecule has 3 aromatic rings. The van der Waals surface area contributed by atoms with Gasteiger partial charge in [-0.2, -0.15) is 0 Å². The smallest absolute Gasteiger partial charge is 0.255 e. The molecule has 27 heavy (non-hydrogen) atoms. The van der Waals surface area contributed by atoms with Crippen LogP contribution in [0.5, 0.6) is 0 Å². The fraction of sp³-hybridized carbons (Fsp3) is 0.300. The molecular weight excluding hydrogens is 382 g/mol. The maximum absolute atomic E-state index is 12.5. The number of morpholine rings is 1. The number of rotatable bonds is 5. The van der Waals surface area contributed by atoms with Gasteiger partial charge in [-0.05, 0) is 34.9 Å². The van der Waals surface area contributed by atoms with Crippen LogP contribution in [0, 0.1) is 0 Å². The Bertz CT molecular complexity index is 953. The van der Waals surface area contributed by atoms with Crippen molar-refractivity contribution in [3.63, 3.8) is 0 Å². The predicted molar refractivity (Wildman–Crippen MR) is 110 cm³/mol. The van der Waals surface area contributed by atoms with Crippen LogP contribution in [0.4, 0.5) is 5.82 Å². The molecule has 140 valence electrons. The normalized spacial score (nSPS) is 14.5. The number of halogens is 1. The topological polar surface area (TPSA) is 54.5 Å². The predicted octanol–water partition coefficient (Wildman–Crippen LogP) is 4.08. The minimum Gasteiger partial charge on any atom is -0.378 e. The van der Waals surface area contributed by atoms with Crippen LogP contribution in [0.2, 0.25) is 5.02 Å². The highest BCUT2D eigenvalue weighted by atomic mass is 35.5. The number of amides is 1. The fourth-order valence-corrected chi connectivity index (χ4v) is 4.41. The van der Waals surface area contributed by atoms with E-state index in [1.54, 1.807) is 28.5 Å². The molecule has 0 spiro atoms. The minimum absolute atomic E-state index is 0.0519. The van der Waals surface area contributed by atoms with Crippen LogP contribution >= 0.6 is 22.9 Å². The molecule has 0 saturated carbocycles. The average molecular weight is 402 g/mol. The number of benzene rings is 1. The number of carbonyl (C=O) groups excluding carboxylic acids is 1. The summed E-state index contributed by atoms with van der Waals surface area (Å²) in [4.78, 5) is 18.6. The highest BCUT2D eigenvalue weighted by Crippen LogP contribution is 2.26. The average Bonchev–Trinajstić information content (AvgIpc) is 3.12. The number of ether oxygens (including phenoxy) is 1. The molecule has 0 unspecified atom stereocenters. The zero-order chi connectivity index (χ0) is 18.6. The van der Waals surface area contributed by atoms with Crippen molar-refractivity contribution in [1.82, 2.24) is 9.88 Å². The van der Waals surface area contributed by atoms with Crippen LogP contribution in [0.15, 0.2) is 41.9 Å². The number of carbonyl (C=O) groups is 1. The van der Waals surface area contributed by atoms with Gasteiger partial charge in [-0.1, -0.05) is 29.8 Å². The summed E-state index contributed by atoms with van der Waals surface area (Å²) in [6, 6.07) is 10.1. The molecule has 0 aliphatic carbocycles. The van der Waals surface area contributed by atoms with E-state index in [2.05, 4.69) is 39.9 Å². The molecule has 1 aliphatic heterocycles. The van der Waals surface area contributed by atoms with E-state index >= 15 is 0 Å². The highest BCUT2D eigenvalue weighted by Gasteiger charge is 2.19. The molecule has 1 amide bonds. The lowest BCUT2D eigenvalue weighted by molar-refractivity contribution is 0.0302. The first-order chi connectivity index (χ1) is 13.2. The van der Waals surface area contributed by atoms with E-state index in [1.165, 1.54) is 15.6 Å². The quantitative estimate of drug-likeness (QED) is 0.700. The molecule has 1 aliphatic rings. The van der Waals surface area contributed by atoms with Gasteiger partial charge in [-0.15, -0.1) is 11.3 Å². The summed E-state index contributed by atoms with van der Waals surface area (Å²) in [5, 5.41) is 7.24. The number of thiophene rings is 1. The van der Waals surface area contributed by atoms with E-state index in [1.807, 2.05) is 0 Å². The molecule has 3 heterocycles.